The molecule has 0 spiro atoms. The van der Waals surface area contributed by atoms with Crippen LogP contribution < -0.4 is 5.32 Å². The van der Waals surface area contributed by atoms with Crippen molar-refractivity contribution in [1.82, 2.24) is 24.5 Å². The zero-order valence-electron chi connectivity index (χ0n) is 14.2. The summed E-state index contributed by atoms with van der Waals surface area (Å²) in [6.45, 7) is 0.846. The maximum absolute atomic E-state index is 4.67. The fraction of sp³-hybridized carbons (Fsp3) is 0.200. The maximum Gasteiger partial charge on any atom is 0.136 e. The molecule has 0 saturated carbocycles. The molecule has 1 aromatic carbocycles. The molecule has 4 aromatic rings. The van der Waals surface area contributed by atoms with E-state index in [1.54, 1.807) is 0 Å². The molecule has 3 aromatic heterocycles. The standard InChI is InChI=1S/C20H21N5/c1-24-14-17(13-22-24)20(16-7-3-2-4-8-16)21-11-10-18-15-25-12-6-5-9-19(25)23-18/h2-9,12-15,20-21H,10-11H2,1H3/t20-/m1/s1. The van der Waals surface area contributed by atoms with Gasteiger partial charge in [-0.3, -0.25) is 4.68 Å². The summed E-state index contributed by atoms with van der Waals surface area (Å²) < 4.78 is 3.90. The van der Waals surface area contributed by atoms with Gasteiger partial charge in [0.1, 0.15) is 5.65 Å². The number of aryl methyl sites for hydroxylation is 1. The first-order valence-corrected chi connectivity index (χ1v) is 8.49. The lowest BCUT2D eigenvalue weighted by Crippen LogP contribution is -2.24. The minimum atomic E-state index is 0.131. The van der Waals surface area contributed by atoms with Crippen molar-refractivity contribution in [3.8, 4) is 0 Å². The second kappa shape index (κ2) is 6.91. The SMILES string of the molecule is Cn1cc([C@H](NCCc2cn3ccccc3n2)c2ccccc2)cn1. The predicted molar refractivity (Wildman–Crippen MR) is 98.4 cm³/mol. The Labute approximate surface area is 147 Å². The van der Waals surface area contributed by atoms with Crippen LogP contribution in [-0.4, -0.2) is 25.7 Å². The number of aromatic nitrogens is 4. The average molecular weight is 331 g/mol. The number of benzene rings is 1. The Morgan fingerprint density at radius 2 is 1.84 bits per heavy atom. The van der Waals surface area contributed by atoms with Gasteiger partial charge in [0, 0.05) is 44.2 Å². The van der Waals surface area contributed by atoms with Crippen molar-refractivity contribution < 1.29 is 0 Å². The number of rotatable bonds is 6. The fourth-order valence-corrected chi connectivity index (χ4v) is 3.12. The van der Waals surface area contributed by atoms with Gasteiger partial charge in [-0.2, -0.15) is 5.10 Å². The third kappa shape index (κ3) is 3.46. The van der Waals surface area contributed by atoms with Crippen molar-refractivity contribution in [1.29, 1.82) is 0 Å². The largest absolute Gasteiger partial charge is 0.307 e. The minimum absolute atomic E-state index is 0.131. The van der Waals surface area contributed by atoms with E-state index in [1.165, 1.54) is 11.1 Å². The summed E-state index contributed by atoms with van der Waals surface area (Å²) in [5.41, 5.74) is 4.50. The normalized spacial score (nSPS) is 12.5. The lowest BCUT2D eigenvalue weighted by molar-refractivity contribution is 0.602. The highest BCUT2D eigenvalue weighted by atomic mass is 15.2. The molecule has 0 fully saturated rings. The number of hydrogen-bond acceptors (Lipinski definition) is 3. The van der Waals surface area contributed by atoms with Gasteiger partial charge in [-0.25, -0.2) is 4.98 Å². The molecule has 0 aliphatic heterocycles. The molecule has 5 heteroatoms. The Balaban J connectivity index is 1.49. The molecule has 1 N–H and O–H groups in total. The lowest BCUT2D eigenvalue weighted by Gasteiger charge is -2.17. The molecule has 0 unspecified atom stereocenters. The van der Waals surface area contributed by atoms with E-state index >= 15 is 0 Å². The highest BCUT2D eigenvalue weighted by Crippen LogP contribution is 2.21. The smallest absolute Gasteiger partial charge is 0.136 e. The average Bonchev–Trinajstić information content (AvgIpc) is 3.25. The van der Waals surface area contributed by atoms with Crippen LogP contribution in [0.1, 0.15) is 22.9 Å². The van der Waals surface area contributed by atoms with Gasteiger partial charge in [-0.15, -0.1) is 0 Å². The van der Waals surface area contributed by atoms with E-state index in [0.29, 0.717) is 0 Å². The van der Waals surface area contributed by atoms with Crippen LogP contribution in [0.5, 0.6) is 0 Å². The second-order valence-corrected chi connectivity index (χ2v) is 6.19. The van der Waals surface area contributed by atoms with Crippen molar-refractivity contribution in [2.75, 3.05) is 6.54 Å². The van der Waals surface area contributed by atoms with Crippen LogP contribution in [0, 0.1) is 0 Å². The summed E-state index contributed by atoms with van der Waals surface area (Å²) in [6, 6.07) is 16.7. The van der Waals surface area contributed by atoms with E-state index in [0.717, 1.165) is 24.3 Å². The van der Waals surface area contributed by atoms with Crippen molar-refractivity contribution in [2.45, 2.75) is 12.5 Å². The number of imidazole rings is 1. The molecular weight excluding hydrogens is 310 g/mol. The molecule has 0 aliphatic carbocycles. The van der Waals surface area contributed by atoms with E-state index < -0.39 is 0 Å². The number of hydrogen-bond donors (Lipinski definition) is 1. The molecule has 0 amide bonds. The quantitative estimate of drug-likeness (QED) is 0.591. The first-order chi connectivity index (χ1) is 12.3. The molecule has 5 nitrogen and oxygen atoms in total. The van der Waals surface area contributed by atoms with Gasteiger partial charge >= 0.3 is 0 Å². The van der Waals surface area contributed by atoms with E-state index in [-0.39, 0.29) is 6.04 Å². The van der Waals surface area contributed by atoms with Crippen LogP contribution in [0.15, 0.2) is 73.3 Å². The van der Waals surface area contributed by atoms with E-state index in [4.69, 9.17) is 0 Å². The summed E-state index contributed by atoms with van der Waals surface area (Å²) >= 11 is 0. The van der Waals surface area contributed by atoms with Gasteiger partial charge in [0.25, 0.3) is 0 Å². The van der Waals surface area contributed by atoms with E-state index in [9.17, 15) is 0 Å². The van der Waals surface area contributed by atoms with Gasteiger partial charge < -0.3 is 9.72 Å². The maximum atomic E-state index is 4.67. The van der Waals surface area contributed by atoms with Crippen LogP contribution >= 0.6 is 0 Å². The third-order valence-corrected chi connectivity index (χ3v) is 4.33. The highest BCUT2D eigenvalue weighted by Gasteiger charge is 2.15. The Morgan fingerprint density at radius 1 is 1.00 bits per heavy atom. The van der Waals surface area contributed by atoms with Gasteiger partial charge in [0.05, 0.1) is 17.9 Å². The molecule has 0 saturated heterocycles. The van der Waals surface area contributed by atoms with Gasteiger partial charge in [0.2, 0.25) is 0 Å². The molecule has 0 bridgehead atoms. The van der Waals surface area contributed by atoms with Gasteiger partial charge in [-0.1, -0.05) is 36.4 Å². The molecule has 3 heterocycles. The molecule has 0 aliphatic rings. The van der Waals surface area contributed by atoms with E-state index in [1.807, 2.05) is 48.4 Å². The molecule has 1 atom stereocenters. The summed E-state index contributed by atoms with van der Waals surface area (Å²) in [5, 5.41) is 7.97. The number of pyridine rings is 1. The van der Waals surface area contributed by atoms with Crippen molar-refractivity contribution >= 4 is 5.65 Å². The van der Waals surface area contributed by atoms with Crippen molar-refractivity contribution in [3.63, 3.8) is 0 Å². The van der Waals surface area contributed by atoms with Gasteiger partial charge in [-0.05, 0) is 17.7 Å². The van der Waals surface area contributed by atoms with Crippen molar-refractivity contribution in [3.05, 3.63) is 90.1 Å². The number of nitrogens with one attached hydrogen (secondary N) is 1. The minimum Gasteiger partial charge on any atom is -0.307 e. The summed E-state index contributed by atoms with van der Waals surface area (Å²) in [5.74, 6) is 0. The molecule has 4 rings (SSSR count). The number of fused-ring (bicyclic) bond motifs is 1. The summed E-state index contributed by atoms with van der Waals surface area (Å²) in [7, 11) is 1.95. The summed E-state index contributed by atoms with van der Waals surface area (Å²) in [4.78, 5) is 4.67. The van der Waals surface area contributed by atoms with Gasteiger partial charge in [0.15, 0.2) is 0 Å². The monoisotopic (exact) mass is 331 g/mol. The Morgan fingerprint density at radius 3 is 2.60 bits per heavy atom. The Kier molecular flexibility index (Phi) is 4.31. The third-order valence-electron chi connectivity index (χ3n) is 4.33. The van der Waals surface area contributed by atoms with Crippen LogP contribution in [0.25, 0.3) is 5.65 Å². The van der Waals surface area contributed by atoms with Crippen LogP contribution in [0.4, 0.5) is 0 Å². The molecular formula is C20H21N5. The topological polar surface area (TPSA) is 47.2 Å². The van der Waals surface area contributed by atoms with E-state index in [2.05, 4.69) is 56.5 Å². The Hall–Kier alpha value is -2.92. The summed E-state index contributed by atoms with van der Waals surface area (Å²) in [6.07, 6.45) is 9.00. The van der Waals surface area contributed by atoms with Crippen LogP contribution in [0.3, 0.4) is 0 Å². The Bertz CT molecular complexity index is 921. The van der Waals surface area contributed by atoms with Crippen molar-refractivity contribution in [2.24, 2.45) is 7.05 Å². The first kappa shape index (κ1) is 15.6. The molecule has 25 heavy (non-hydrogen) atoms. The molecule has 126 valence electrons. The zero-order valence-corrected chi connectivity index (χ0v) is 14.2. The highest BCUT2D eigenvalue weighted by molar-refractivity contribution is 5.39. The fourth-order valence-electron chi connectivity index (χ4n) is 3.12. The number of nitrogens with zero attached hydrogens (tertiary/aromatic N) is 4. The zero-order chi connectivity index (χ0) is 17.1. The lowest BCUT2D eigenvalue weighted by atomic mass is 10.0. The van der Waals surface area contributed by atoms with Crippen LogP contribution in [-0.2, 0) is 13.5 Å². The second-order valence-electron chi connectivity index (χ2n) is 6.19. The van der Waals surface area contributed by atoms with Crippen LogP contribution in [0.2, 0.25) is 0 Å². The first-order valence-electron chi connectivity index (χ1n) is 8.49. The molecule has 0 radical (unpaired) electrons. The predicted octanol–water partition coefficient (Wildman–Crippen LogP) is 2.99.